The Morgan fingerprint density at radius 3 is 2.37 bits per heavy atom. The van der Waals surface area contributed by atoms with Gasteiger partial charge in [-0.1, -0.05) is 56.0 Å². The highest BCUT2D eigenvalue weighted by molar-refractivity contribution is 6.08. The molecule has 4 amide bonds. The average molecular weight is 371 g/mol. The van der Waals surface area contributed by atoms with E-state index in [1.54, 1.807) is 11.9 Å². The van der Waals surface area contributed by atoms with Gasteiger partial charge in [0.1, 0.15) is 12.1 Å². The third-order valence-corrected chi connectivity index (χ3v) is 6.01. The minimum absolute atomic E-state index is 0.132. The molecule has 1 unspecified atom stereocenters. The molecular formula is C21H29N3O3. The normalized spacial score (nSPS) is 20.3. The van der Waals surface area contributed by atoms with Gasteiger partial charge in [0.25, 0.3) is 5.91 Å². The molecule has 3 rings (SSSR count). The van der Waals surface area contributed by atoms with Crippen LogP contribution in [0.5, 0.6) is 0 Å². The molecule has 0 bridgehead atoms. The van der Waals surface area contributed by atoms with Gasteiger partial charge in [-0.05, 0) is 31.7 Å². The maximum atomic E-state index is 13.0. The van der Waals surface area contributed by atoms with Gasteiger partial charge in [-0.25, -0.2) is 4.79 Å². The van der Waals surface area contributed by atoms with E-state index in [9.17, 15) is 14.4 Å². The number of imide groups is 1. The highest BCUT2D eigenvalue weighted by atomic mass is 16.2. The molecule has 1 aromatic rings. The van der Waals surface area contributed by atoms with Crippen LogP contribution in [0.4, 0.5) is 4.79 Å². The zero-order valence-electron chi connectivity index (χ0n) is 16.5. The molecule has 2 fully saturated rings. The summed E-state index contributed by atoms with van der Waals surface area (Å²) >= 11 is 0. The van der Waals surface area contributed by atoms with Crippen LogP contribution in [0.3, 0.4) is 0 Å². The molecule has 6 nitrogen and oxygen atoms in total. The molecule has 1 saturated carbocycles. The van der Waals surface area contributed by atoms with Crippen molar-refractivity contribution in [2.24, 2.45) is 0 Å². The molecule has 0 aromatic heterocycles. The number of hydrogen-bond acceptors (Lipinski definition) is 3. The Bertz CT molecular complexity index is 723. The Balaban J connectivity index is 1.68. The fourth-order valence-corrected chi connectivity index (χ4v) is 4.27. The number of urea groups is 1. The summed E-state index contributed by atoms with van der Waals surface area (Å²) in [5.41, 5.74) is 1.45. The van der Waals surface area contributed by atoms with Crippen molar-refractivity contribution >= 4 is 17.8 Å². The standard InChI is InChI=1S/C21H29N3O3/c1-4-17(16-10-8-15(2)9-11-16)22-18(25)14-24-19(26)21(23(3)20(24)27)12-6-5-7-13-21/h8-11,17H,4-7,12-14H2,1-3H3,(H,22,25). The summed E-state index contributed by atoms with van der Waals surface area (Å²) in [6, 6.07) is 7.54. The summed E-state index contributed by atoms with van der Waals surface area (Å²) in [5, 5.41) is 2.97. The number of amides is 4. The van der Waals surface area contributed by atoms with E-state index < -0.39 is 5.54 Å². The van der Waals surface area contributed by atoms with Gasteiger partial charge in [-0.2, -0.15) is 0 Å². The summed E-state index contributed by atoms with van der Waals surface area (Å²) in [5.74, 6) is -0.515. The van der Waals surface area contributed by atoms with Crippen molar-refractivity contribution < 1.29 is 14.4 Å². The predicted octanol–water partition coefficient (Wildman–Crippen LogP) is 3.16. The van der Waals surface area contributed by atoms with E-state index in [2.05, 4.69) is 5.32 Å². The first-order valence-corrected chi connectivity index (χ1v) is 9.84. The smallest absolute Gasteiger partial charge is 0.327 e. The fourth-order valence-electron chi connectivity index (χ4n) is 4.27. The fraction of sp³-hybridized carbons (Fsp3) is 0.571. The lowest BCUT2D eigenvalue weighted by atomic mass is 9.81. The van der Waals surface area contributed by atoms with Gasteiger partial charge in [0.15, 0.2) is 0 Å². The van der Waals surface area contributed by atoms with E-state index in [1.807, 2.05) is 38.1 Å². The van der Waals surface area contributed by atoms with Crippen LogP contribution in [-0.4, -0.2) is 46.8 Å². The number of hydrogen-bond donors (Lipinski definition) is 1. The van der Waals surface area contributed by atoms with Gasteiger partial charge in [-0.15, -0.1) is 0 Å². The van der Waals surface area contributed by atoms with Gasteiger partial charge in [0, 0.05) is 7.05 Å². The average Bonchev–Trinajstić information content (AvgIpc) is 2.84. The van der Waals surface area contributed by atoms with Crippen LogP contribution in [0.2, 0.25) is 0 Å². The molecule has 6 heteroatoms. The lowest BCUT2D eigenvalue weighted by molar-refractivity contribution is -0.137. The highest BCUT2D eigenvalue weighted by Crippen LogP contribution is 2.39. The number of carbonyl (C=O) groups excluding carboxylic acids is 3. The van der Waals surface area contributed by atoms with E-state index in [1.165, 1.54) is 0 Å². The zero-order chi connectivity index (χ0) is 19.6. The molecule has 1 heterocycles. The van der Waals surface area contributed by atoms with Gasteiger partial charge < -0.3 is 10.2 Å². The number of rotatable bonds is 5. The van der Waals surface area contributed by atoms with Crippen molar-refractivity contribution in [1.29, 1.82) is 0 Å². The van der Waals surface area contributed by atoms with Crippen LogP contribution < -0.4 is 5.32 Å². The van der Waals surface area contributed by atoms with E-state index in [4.69, 9.17) is 0 Å². The number of nitrogens with one attached hydrogen (secondary N) is 1. The topological polar surface area (TPSA) is 69.7 Å². The molecule has 146 valence electrons. The first-order valence-electron chi connectivity index (χ1n) is 9.84. The first-order chi connectivity index (χ1) is 12.9. The first kappa shape index (κ1) is 19.4. The Morgan fingerprint density at radius 1 is 1.15 bits per heavy atom. The van der Waals surface area contributed by atoms with Crippen molar-refractivity contribution in [3.8, 4) is 0 Å². The number of aryl methyl sites for hydroxylation is 1. The zero-order valence-corrected chi connectivity index (χ0v) is 16.5. The van der Waals surface area contributed by atoms with E-state index in [-0.39, 0.29) is 30.4 Å². The lowest BCUT2D eigenvalue weighted by Gasteiger charge is -2.35. The van der Waals surface area contributed by atoms with Crippen LogP contribution in [0.15, 0.2) is 24.3 Å². The van der Waals surface area contributed by atoms with Crippen molar-refractivity contribution in [1.82, 2.24) is 15.1 Å². The minimum atomic E-state index is -0.739. The van der Waals surface area contributed by atoms with Crippen molar-refractivity contribution in [2.45, 2.75) is 64.0 Å². The van der Waals surface area contributed by atoms with Crippen molar-refractivity contribution in [3.05, 3.63) is 35.4 Å². The summed E-state index contributed by atoms with van der Waals surface area (Å²) in [6.07, 6.45) is 5.08. The summed E-state index contributed by atoms with van der Waals surface area (Å²) < 4.78 is 0. The van der Waals surface area contributed by atoms with Crippen molar-refractivity contribution in [2.75, 3.05) is 13.6 Å². The molecule has 1 aliphatic heterocycles. The van der Waals surface area contributed by atoms with Crippen molar-refractivity contribution in [3.63, 3.8) is 0 Å². The summed E-state index contributed by atoms with van der Waals surface area (Å²) in [7, 11) is 1.69. The molecule has 27 heavy (non-hydrogen) atoms. The van der Waals surface area contributed by atoms with E-state index >= 15 is 0 Å². The van der Waals surface area contributed by atoms with Crippen LogP contribution in [0, 0.1) is 6.92 Å². The largest absolute Gasteiger partial charge is 0.348 e. The predicted molar refractivity (Wildman–Crippen MR) is 103 cm³/mol. The summed E-state index contributed by atoms with van der Waals surface area (Å²) in [4.78, 5) is 40.9. The lowest BCUT2D eigenvalue weighted by Crippen LogP contribution is -2.49. The molecule has 0 radical (unpaired) electrons. The van der Waals surface area contributed by atoms with Crippen LogP contribution in [0.25, 0.3) is 0 Å². The van der Waals surface area contributed by atoms with Gasteiger partial charge in [-0.3, -0.25) is 14.5 Å². The van der Waals surface area contributed by atoms with Crippen LogP contribution in [0.1, 0.15) is 62.6 Å². The number of likely N-dealkylation sites (N-methyl/N-ethyl adjacent to an activating group) is 1. The molecule has 1 N–H and O–H groups in total. The molecule has 1 atom stereocenters. The Kier molecular flexibility index (Phi) is 5.53. The van der Waals surface area contributed by atoms with E-state index in [0.717, 1.165) is 41.7 Å². The second kappa shape index (κ2) is 7.71. The van der Waals surface area contributed by atoms with Crippen LogP contribution >= 0.6 is 0 Å². The van der Waals surface area contributed by atoms with Gasteiger partial charge in [0.2, 0.25) is 5.91 Å². The SMILES string of the molecule is CCC(NC(=O)CN1C(=O)N(C)C2(CCCCC2)C1=O)c1ccc(C)cc1. The van der Waals surface area contributed by atoms with Gasteiger partial charge >= 0.3 is 6.03 Å². The number of benzene rings is 1. The molecule has 1 spiro atoms. The van der Waals surface area contributed by atoms with E-state index in [0.29, 0.717) is 12.8 Å². The Labute approximate surface area is 160 Å². The highest BCUT2D eigenvalue weighted by Gasteiger charge is 2.55. The second-order valence-corrected chi connectivity index (χ2v) is 7.76. The Morgan fingerprint density at radius 2 is 1.78 bits per heavy atom. The minimum Gasteiger partial charge on any atom is -0.348 e. The third kappa shape index (κ3) is 3.57. The van der Waals surface area contributed by atoms with Crippen LogP contribution in [-0.2, 0) is 9.59 Å². The quantitative estimate of drug-likeness (QED) is 0.809. The molecular weight excluding hydrogens is 342 g/mol. The molecule has 1 aromatic carbocycles. The number of carbonyl (C=O) groups is 3. The monoisotopic (exact) mass is 371 g/mol. The molecule has 1 saturated heterocycles. The summed E-state index contributed by atoms with van der Waals surface area (Å²) in [6.45, 7) is 3.80. The molecule has 1 aliphatic carbocycles. The maximum Gasteiger partial charge on any atom is 0.327 e. The second-order valence-electron chi connectivity index (χ2n) is 7.76. The maximum absolute atomic E-state index is 13.0. The third-order valence-electron chi connectivity index (χ3n) is 6.01. The Hall–Kier alpha value is -2.37. The number of nitrogens with zero attached hydrogens (tertiary/aromatic N) is 2. The molecule has 2 aliphatic rings. The van der Waals surface area contributed by atoms with Gasteiger partial charge in [0.05, 0.1) is 6.04 Å².